The second kappa shape index (κ2) is 5.67. The number of pyridine rings is 1. The fourth-order valence-corrected chi connectivity index (χ4v) is 2.67. The Bertz CT molecular complexity index is 599. The molecule has 0 aliphatic carbocycles. The molecule has 0 amide bonds. The number of aromatic nitrogens is 3. The first-order chi connectivity index (χ1) is 8.49. The summed E-state index contributed by atoms with van der Waals surface area (Å²) in [5.74, 6) is 1.34. The summed E-state index contributed by atoms with van der Waals surface area (Å²) in [4.78, 5) is 8.85. The van der Waals surface area contributed by atoms with Crippen LogP contribution in [0.25, 0.3) is 11.2 Å². The van der Waals surface area contributed by atoms with Gasteiger partial charge in [-0.1, -0.05) is 0 Å². The summed E-state index contributed by atoms with van der Waals surface area (Å²) in [5.41, 5.74) is 1.58. The number of rotatable bonds is 4. The quantitative estimate of drug-likeness (QED) is 0.797. The van der Waals surface area contributed by atoms with E-state index in [0.29, 0.717) is 12.3 Å². The number of halogens is 2. The predicted molar refractivity (Wildman–Crippen MR) is 78.4 cm³/mol. The van der Waals surface area contributed by atoms with Crippen LogP contribution in [0.1, 0.15) is 18.1 Å². The maximum absolute atomic E-state index is 11.2. The maximum Gasteiger partial charge on any atom is 0.160 e. The molecule has 0 spiro atoms. The number of hydrogen-bond donors (Lipinski definition) is 0. The average molecular weight is 351 g/mol. The highest BCUT2D eigenvalue weighted by atomic mass is 79.9. The van der Waals surface area contributed by atoms with Gasteiger partial charge in [0.2, 0.25) is 0 Å². The van der Waals surface area contributed by atoms with Gasteiger partial charge in [0.05, 0.1) is 5.38 Å². The Morgan fingerprint density at radius 2 is 2.33 bits per heavy atom. The molecule has 0 aliphatic heterocycles. The third-order valence-corrected chi connectivity index (χ3v) is 3.93. The van der Waals surface area contributed by atoms with Gasteiger partial charge >= 0.3 is 0 Å². The summed E-state index contributed by atoms with van der Waals surface area (Å²) in [6.45, 7) is 2.48. The molecule has 0 bridgehead atoms. The lowest BCUT2D eigenvalue weighted by Gasteiger charge is -2.08. The minimum atomic E-state index is -0.848. The Balaban J connectivity index is 2.52. The summed E-state index contributed by atoms with van der Waals surface area (Å²) in [5, 5.41) is -0.205. The van der Waals surface area contributed by atoms with E-state index >= 15 is 0 Å². The zero-order valence-electron chi connectivity index (χ0n) is 10.1. The van der Waals surface area contributed by atoms with E-state index in [2.05, 4.69) is 25.9 Å². The molecule has 2 heterocycles. The van der Waals surface area contributed by atoms with Crippen LogP contribution < -0.4 is 0 Å². The number of aryl methyl sites for hydroxylation is 1. The molecule has 0 aliphatic rings. The summed E-state index contributed by atoms with van der Waals surface area (Å²) < 4.78 is 14.1. The first-order valence-corrected chi connectivity index (χ1v) is 8.40. The van der Waals surface area contributed by atoms with Crippen LogP contribution in [0.4, 0.5) is 0 Å². The van der Waals surface area contributed by atoms with Gasteiger partial charge in [0.15, 0.2) is 5.65 Å². The zero-order chi connectivity index (χ0) is 13.3. The van der Waals surface area contributed by atoms with E-state index in [1.807, 2.05) is 17.6 Å². The Kier molecular flexibility index (Phi) is 4.40. The van der Waals surface area contributed by atoms with Gasteiger partial charge in [-0.3, -0.25) is 4.21 Å². The first kappa shape index (κ1) is 14.0. The molecule has 2 atom stereocenters. The van der Waals surface area contributed by atoms with Crippen molar-refractivity contribution in [1.29, 1.82) is 0 Å². The topological polar surface area (TPSA) is 47.8 Å². The largest absolute Gasteiger partial charge is 0.311 e. The molecule has 0 N–H and O–H groups in total. The number of alkyl halides is 1. The standard InChI is InChI=1S/C11H13BrClN3OS/c1-7(13)10-15-9-5-8(12)6-14-11(9)16(10)3-4-18(2)17/h5-7H,3-4H2,1-2H3. The minimum absolute atomic E-state index is 0.205. The van der Waals surface area contributed by atoms with Crippen LogP contribution in [-0.2, 0) is 17.3 Å². The number of imidazole rings is 1. The molecule has 18 heavy (non-hydrogen) atoms. The van der Waals surface area contributed by atoms with Crippen LogP contribution in [-0.4, -0.2) is 30.8 Å². The second-order valence-corrected chi connectivity index (χ2v) is 7.14. The average Bonchev–Trinajstić information content (AvgIpc) is 2.64. The molecule has 0 saturated heterocycles. The van der Waals surface area contributed by atoms with Crippen LogP contribution in [0.5, 0.6) is 0 Å². The molecule has 98 valence electrons. The van der Waals surface area contributed by atoms with Crippen LogP contribution >= 0.6 is 27.5 Å². The Morgan fingerprint density at radius 1 is 1.61 bits per heavy atom. The van der Waals surface area contributed by atoms with Crippen molar-refractivity contribution >= 4 is 49.5 Å². The minimum Gasteiger partial charge on any atom is -0.311 e. The van der Waals surface area contributed by atoms with Gasteiger partial charge in [-0.2, -0.15) is 0 Å². The van der Waals surface area contributed by atoms with Crippen molar-refractivity contribution in [2.45, 2.75) is 18.8 Å². The van der Waals surface area contributed by atoms with Crippen molar-refractivity contribution in [2.24, 2.45) is 0 Å². The maximum atomic E-state index is 11.2. The summed E-state index contributed by atoms with van der Waals surface area (Å²) >= 11 is 9.51. The van der Waals surface area contributed by atoms with E-state index in [1.54, 1.807) is 12.5 Å². The monoisotopic (exact) mass is 349 g/mol. The normalized spacial score (nSPS) is 14.9. The molecule has 2 aromatic rings. The van der Waals surface area contributed by atoms with E-state index in [-0.39, 0.29) is 5.38 Å². The summed E-state index contributed by atoms with van der Waals surface area (Å²) in [6.07, 6.45) is 3.42. The van der Waals surface area contributed by atoms with Gasteiger partial charge < -0.3 is 4.57 Å². The molecule has 4 nitrogen and oxygen atoms in total. The lowest BCUT2D eigenvalue weighted by atomic mass is 10.4. The molecule has 0 aromatic carbocycles. The first-order valence-electron chi connectivity index (χ1n) is 5.45. The van der Waals surface area contributed by atoms with E-state index in [0.717, 1.165) is 21.5 Å². The van der Waals surface area contributed by atoms with E-state index < -0.39 is 10.8 Å². The Morgan fingerprint density at radius 3 is 2.94 bits per heavy atom. The fourth-order valence-electron chi connectivity index (χ4n) is 1.75. The van der Waals surface area contributed by atoms with E-state index in [1.165, 1.54) is 0 Å². The molecular weight excluding hydrogens is 338 g/mol. The smallest absolute Gasteiger partial charge is 0.160 e. The van der Waals surface area contributed by atoms with Gasteiger partial charge in [0.1, 0.15) is 11.3 Å². The highest BCUT2D eigenvalue weighted by Crippen LogP contribution is 2.25. The van der Waals surface area contributed by atoms with Crippen molar-refractivity contribution in [3.8, 4) is 0 Å². The van der Waals surface area contributed by atoms with Gasteiger partial charge in [-0.25, -0.2) is 9.97 Å². The number of hydrogen-bond acceptors (Lipinski definition) is 3. The molecule has 7 heteroatoms. The lowest BCUT2D eigenvalue weighted by Crippen LogP contribution is -2.10. The molecule has 2 rings (SSSR count). The van der Waals surface area contributed by atoms with Crippen LogP contribution in [0.15, 0.2) is 16.7 Å². The molecule has 0 saturated carbocycles. The lowest BCUT2D eigenvalue weighted by molar-refractivity contribution is 0.671. The molecular formula is C11H13BrClN3OS. The van der Waals surface area contributed by atoms with Crippen molar-refractivity contribution in [1.82, 2.24) is 14.5 Å². The highest BCUT2D eigenvalue weighted by molar-refractivity contribution is 9.10. The van der Waals surface area contributed by atoms with E-state index in [9.17, 15) is 4.21 Å². The SMILES string of the molecule is CC(Cl)c1nc2cc(Br)cnc2n1CCS(C)=O. The Labute approximate surface area is 121 Å². The molecule has 2 aromatic heterocycles. The third-order valence-electron chi connectivity index (χ3n) is 2.54. The number of nitrogens with zero attached hydrogens (tertiary/aromatic N) is 3. The number of fused-ring (bicyclic) bond motifs is 1. The molecule has 0 fully saturated rings. The second-order valence-electron chi connectivity index (χ2n) is 4.01. The van der Waals surface area contributed by atoms with Crippen LogP contribution in [0, 0.1) is 0 Å². The van der Waals surface area contributed by atoms with Crippen molar-refractivity contribution in [2.75, 3.05) is 12.0 Å². The molecule has 0 radical (unpaired) electrons. The van der Waals surface area contributed by atoms with Gasteiger partial charge in [-0.05, 0) is 28.9 Å². The third kappa shape index (κ3) is 2.92. The van der Waals surface area contributed by atoms with Gasteiger partial charge in [0.25, 0.3) is 0 Å². The Hall–Kier alpha value is -0.460. The predicted octanol–water partition coefficient (Wildman–Crippen LogP) is 2.87. The van der Waals surface area contributed by atoms with Gasteiger partial charge in [-0.15, -0.1) is 11.6 Å². The van der Waals surface area contributed by atoms with Gasteiger partial charge in [0, 0.05) is 40.0 Å². The summed E-state index contributed by atoms with van der Waals surface area (Å²) in [7, 11) is -0.848. The van der Waals surface area contributed by atoms with Crippen molar-refractivity contribution < 1.29 is 4.21 Å². The van der Waals surface area contributed by atoms with Crippen molar-refractivity contribution in [3.63, 3.8) is 0 Å². The van der Waals surface area contributed by atoms with Crippen LogP contribution in [0.3, 0.4) is 0 Å². The van der Waals surface area contributed by atoms with E-state index in [4.69, 9.17) is 11.6 Å². The fraction of sp³-hybridized carbons (Fsp3) is 0.455. The summed E-state index contributed by atoms with van der Waals surface area (Å²) in [6, 6.07) is 1.91. The van der Waals surface area contributed by atoms with Crippen molar-refractivity contribution in [3.05, 3.63) is 22.6 Å². The molecule has 2 unspecified atom stereocenters. The zero-order valence-corrected chi connectivity index (χ0v) is 13.2. The highest BCUT2D eigenvalue weighted by Gasteiger charge is 2.16. The van der Waals surface area contributed by atoms with Crippen LogP contribution in [0.2, 0.25) is 0 Å².